The van der Waals surface area contributed by atoms with Crippen LogP contribution in [0, 0.1) is 16.0 Å². The van der Waals surface area contributed by atoms with Crippen LogP contribution in [0.15, 0.2) is 0 Å². The average molecular weight is 266 g/mol. The lowest BCUT2D eigenvalue weighted by atomic mass is 10.1. The van der Waals surface area contributed by atoms with Gasteiger partial charge in [0.05, 0.1) is 4.92 Å². The van der Waals surface area contributed by atoms with E-state index in [0.29, 0.717) is 29.9 Å². The van der Waals surface area contributed by atoms with Crippen LogP contribution in [0.25, 0.3) is 0 Å². The van der Waals surface area contributed by atoms with Crippen LogP contribution in [0.1, 0.15) is 45.2 Å². The Balaban J connectivity index is 2.25. The highest BCUT2D eigenvalue weighted by Gasteiger charge is 2.29. The van der Waals surface area contributed by atoms with Crippen LogP contribution in [-0.2, 0) is 13.5 Å². The maximum Gasteiger partial charge on any atom is 0.333 e. The molecular weight excluding hydrogens is 244 g/mol. The lowest BCUT2D eigenvalue weighted by Gasteiger charge is -2.13. The van der Waals surface area contributed by atoms with E-state index >= 15 is 0 Å². The van der Waals surface area contributed by atoms with Gasteiger partial charge in [0.1, 0.15) is 5.69 Å². The fraction of sp³-hybridized carbons (Fsp3) is 0.769. The summed E-state index contributed by atoms with van der Waals surface area (Å²) in [4.78, 5) is 11.0. The Hall–Kier alpha value is -1.59. The van der Waals surface area contributed by atoms with Crippen LogP contribution >= 0.6 is 0 Å². The van der Waals surface area contributed by atoms with E-state index in [9.17, 15) is 10.1 Å². The van der Waals surface area contributed by atoms with Gasteiger partial charge in [-0.1, -0.05) is 20.3 Å². The fourth-order valence-electron chi connectivity index (χ4n) is 2.86. The molecule has 0 spiro atoms. The molecule has 1 aromatic heterocycles. The van der Waals surface area contributed by atoms with Crippen molar-refractivity contribution in [3.8, 4) is 0 Å². The fourth-order valence-corrected chi connectivity index (χ4v) is 2.86. The van der Waals surface area contributed by atoms with Gasteiger partial charge in [0, 0.05) is 13.1 Å². The maximum atomic E-state index is 11.3. The monoisotopic (exact) mass is 266 g/mol. The van der Waals surface area contributed by atoms with Gasteiger partial charge >= 0.3 is 5.69 Å². The third-order valence-electron chi connectivity index (χ3n) is 3.80. The molecule has 0 aliphatic heterocycles. The van der Waals surface area contributed by atoms with Gasteiger partial charge < -0.3 is 5.32 Å². The number of nitro groups is 1. The molecule has 0 aromatic carbocycles. The highest BCUT2D eigenvalue weighted by atomic mass is 16.6. The molecule has 0 saturated heterocycles. The molecule has 1 aliphatic carbocycles. The maximum absolute atomic E-state index is 11.3. The summed E-state index contributed by atoms with van der Waals surface area (Å²) in [6, 6.07) is 0.332. The first-order chi connectivity index (χ1) is 9.02. The minimum atomic E-state index is -0.307. The Morgan fingerprint density at radius 3 is 2.79 bits per heavy atom. The number of hydrogen-bond donors (Lipinski definition) is 1. The summed E-state index contributed by atoms with van der Waals surface area (Å²) >= 11 is 0. The molecule has 1 heterocycles. The lowest BCUT2D eigenvalue weighted by Crippen LogP contribution is -2.18. The third kappa shape index (κ3) is 2.88. The average Bonchev–Trinajstić information content (AvgIpc) is 2.85. The largest absolute Gasteiger partial charge is 0.362 e. The second kappa shape index (κ2) is 5.59. The van der Waals surface area contributed by atoms with Crippen molar-refractivity contribution < 1.29 is 4.92 Å². The zero-order valence-electron chi connectivity index (χ0n) is 11.8. The van der Waals surface area contributed by atoms with Crippen molar-refractivity contribution in [2.45, 2.75) is 52.0 Å². The normalized spacial score (nSPS) is 22.7. The van der Waals surface area contributed by atoms with E-state index in [1.54, 1.807) is 11.7 Å². The van der Waals surface area contributed by atoms with E-state index in [4.69, 9.17) is 0 Å². The second-order valence-corrected chi connectivity index (χ2v) is 5.53. The van der Waals surface area contributed by atoms with Crippen LogP contribution < -0.4 is 5.32 Å². The molecule has 2 rings (SSSR count). The molecule has 1 N–H and O–H groups in total. The van der Waals surface area contributed by atoms with Crippen molar-refractivity contribution in [3.05, 3.63) is 15.8 Å². The Morgan fingerprint density at radius 1 is 1.53 bits per heavy atom. The second-order valence-electron chi connectivity index (χ2n) is 5.53. The summed E-state index contributed by atoms with van der Waals surface area (Å²) in [6.07, 6.45) is 4.84. The van der Waals surface area contributed by atoms with Crippen molar-refractivity contribution in [3.63, 3.8) is 0 Å². The Morgan fingerprint density at radius 2 is 2.26 bits per heavy atom. The first kappa shape index (κ1) is 13.8. The molecule has 6 heteroatoms. The van der Waals surface area contributed by atoms with Crippen LogP contribution in [0.3, 0.4) is 0 Å². The van der Waals surface area contributed by atoms with E-state index in [1.807, 2.05) is 6.92 Å². The Bertz CT molecular complexity index is 469. The molecule has 0 bridgehead atoms. The zero-order chi connectivity index (χ0) is 14.0. The first-order valence-electron chi connectivity index (χ1n) is 6.99. The van der Waals surface area contributed by atoms with Crippen molar-refractivity contribution in [2.24, 2.45) is 13.0 Å². The van der Waals surface area contributed by atoms with Crippen molar-refractivity contribution in [1.29, 1.82) is 0 Å². The molecule has 2 atom stereocenters. The Kier molecular flexibility index (Phi) is 4.07. The number of hydrogen-bond acceptors (Lipinski definition) is 4. The quantitative estimate of drug-likeness (QED) is 0.657. The molecule has 19 heavy (non-hydrogen) atoms. The molecule has 1 aromatic rings. The van der Waals surface area contributed by atoms with Crippen molar-refractivity contribution >= 4 is 11.5 Å². The smallest absolute Gasteiger partial charge is 0.333 e. The zero-order valence-corrected chi connectivity index (χ0v) is 11.8. The molecule has 2 unspecified atom stereocenters. The molecule has 6 nitrogen and oxygen atoms in total. The number of nitrogens with zero attached hydrogens (tertiary/aromatic N) is 3. The lowest BCUT2D eigenvalue weighted by molar-refractivity contribution is -0.384. The van der Waals surface area contributed by atoms with E-state index in [1.165, 1.54) is 6.42 Å². The highest BCUT2D eigenvalue weighted by Crippen LogP contribution is 2.33. The predicted octanol–water partition coefficient (Wildman–Crippen LogP) is 2.88. The van der Waals surface area contributed by atoms with E-state index in [-0.39, 0.29) is 10.6 Å². The number of aromatic nitrogens is 2. The van der Waals surface area contributed by atoms with Crippen LogP contribution in [0.2, 0.25) is 0 Å². The predicted molar refractivity (Wildman–Crippen MR) is 74.3 cm³/mol. The molecule has 0 amide bonds. The van der Waals surface area contributed by atoms with Crippen molar-refractivity contribution in [1.82, 2.24) is 9.78 Å². The van der Waals surface area contributed by atoms with Gasteiger partial charge in [-0.2, -0.15) is 5.10 Å². The SMILES string of the molecule is CCCc1nn(C)c(NC2CCC(C)C2)c1[N+](=O)[O-]. The standard InChI is InChI=1S/C13H22N4O2/c1-4-5-11-12(17(18)19)13(16(3)15-11)14-10-7-6-9(2)8-10/h9-10,14H,4-8H2,1-3H3. The summed E-state index contributed by atoms with van der Waals surface area (Å²) in [5, 5.41) is 18.9. The van der Waals surface area contributed by atoms with Gasteiger partial charge in [0.25, 0.3) is 0 Å². The van der Waals surface area contributed by atoms with Gasteiger partial charge in [0.2, 0.25) is 5.82 Å². The molecular formula is C13H22N4O2. The van der Waals surface area contributed by atoms with E-state index in [2.05, 4.69) is 17.3 Å². The molecule has 1 fully saturated rings. The van der Waals surface area contributed by atoms with Gasteiger partial charge in [-0.25, -0.2) is 4.68 Å². The summed E-state index contributed by atoms with van der Waals surface area (Å²) in [5.74, 6) is 1.26. The molecule has 1 saturated carbocycles. The Labute approximate surface area is 113 Å². The minimum Gasteiger partial charge on any atom is -0.362 e. The van der Waals surface area contributed by atoms with Crippen LogP contribution in [0.4, 0.5) is 11.5 Å². The van der Waals surface area contributed by atoms with Crippen molar-refractivity contribution in [2.75, 3.05) is 5.32 Å². The van der Waals surface area contributed by atoms with Gasteiger partial charge in [0.15, 0.2) is 0 Å². The van der Waals surface area contributed by atoms with Crippen LogP contribution in [0.5, 0.6) is 0 Å². The number of anilines is 1. The first-order valence-corrected chi connectivity index (χ1v) is 6.99. The summed E-state index contributed by atoms with van der Waals surface area (Å²) in [7, 11) is 1.77. The highest BCUT2D eigenvalue weighted by molar-refractivity contribution is 5.60. The summed E-state index contributed by atoms with van der Waals surface area (Å²) in [5.41, 5.74) is 0.743. The number of aryl methyl sites for hydroxylation is 2. The summed E-state index contributed by atoms with van der Waals surface area (Å²) < 4.78 is 1.62. The van der Waals surface area contributed by atoms with Gasteiger partial charge in [-0.3, -0.25) is 10.1 Å². The molecule has 0 radical (unpaired) electrons. The van der Waals surface area contributed by atoms with Gasteiger partial charge in [-0.05, 0) is 31.6 Å². The minimum absolute atomic E-state index is 0.156. The molecule has 106 valence electrons. The van der Waals surface area contributed by atoms with Crippen LogP contribution in [-0.4, -0.2) is 20.7 Å². The number of rotatable bonds is 5. The van der Waals surface area contributed by atoms with E-state index < -0.39 is 0 Å². The third-order valence-corrected chi connectivity index (χ3v) is 3.80. The van der Waals surface area contributed by atoms with Gasteiger partial charge in [-0.15, -0.1) is 0 Å². The topological polar surface area (TPSA) is 73.0 Å². The summed E-state index contributed by atoms with van der Waals surface area (Å²) in [6.45, 7) is 4.23. The number of nitrogens with one attached hydrogen (secondary N) is 1. The molecule has 1 aliphatic rings. The van der Waals surface area contributed by atoms with E-state index in [0.717, 1.165) is 19.3 Å².